The first-order chi connectivity index (χ1) is 13.4. The summed E-state index contributed by atoms with van der Waals surface area (Å²) in [4.78, 5) is 14.3. The fourth-order valence-corrected chi connectivity index (χ4v) is 3.56. The topological polar surface area (TPSA) is 49.8 Å². The van der Waals surface area contributed by atoms with E-state index in [4.69, 9.17) is 4.74 Å². The van der Waals surface area contributed by atoms with Crippen molar-refractivity contribution >= 4 is 5.91 Å². The van der Waals surface area contributed by atoms with E-state index < -0.39 is 35.6 Å². The van der Waals surface area contributed by atoms with Crippen LogP contribution in [0.1, 0.15) is 36.7 Å². The van der Waals surface area contributed by atoms with Gasteiger partial charge in [0.05, 0.1) is 0 Å². The Bertz CT molecular complexity index is 849. The van der Waals surface area contributed by atoms with E-state index in [1.807, 2.05) is 0 Å². The Morgan fingerprint density at radius 1 is 1.03 bits per heavy atom. The molecule has 156 valence electrons. The fourth-order valence-electron chi connectivity index (χ4n) is 3.56. The molecule has 0 radical (unpaired) electrons. The molecule has 1 heterocycles. The van der Waals surface area contributed by atoms with Gasteiger partial charge in [0.2, 0.25) is 0 Å². The first-order valence-corrected chi connectivity index (χ1v) is 9.34. The molecule has 0 unspecified atom stereocenters. The maximum absolute atomic E-state index is 14.0. The quantitative estimate of drug-likeness (QED) is 0.821. The summed E-state index contributed by atoms with van der Waals surface area (Å²) < 4.78 is 47.2. The highest BCUT2D eigenvalue weighted by Gasteiger charge is 2.69. The molecule has 7 heteroatoms. The van der Waals surface area contributed by atoms with Crippen molar-refractivity contribution in [1.82, 2.24) is 4.90 Å². The molecule has 2 aromatic carbocycles. The van der Waals surface area contributed by atoms with E-state index in [0.29, 0.717) is 5.56 Å². The van der Waals surface area contributed by atoms with Crippen LogP contribution < -0.4 is 0 Å². The minimum Gasteiger partial charge on any atom is -0.357 e. The number of alkyl halides is 3. The zero-order valence-corrected chi connectivity index (χ0v) is 16.5. The zero-order valence-electron chi connectivity index (χ0n) is 16.5. The maximum atomic E-state index is 14.0. The van der Waals surface area contributed by atoms with Gasteiger partial charge in [0.1, 0.15) is 12.3 Å². The Morgan fingerprint density at radius 3 is 2.03 bits per heavy atom. The summed E-state index contributed by atoms with van der Waals surface area (Å²) in [5, 5.41) is 10.7. The van der Waals surface area contributed by atoms with Crippen molar-refractivity contribution in [2.75, 3.05) is 0 Å². The minimum atomic E-state index is -5.08. The van der Waals surface area contributed by atoms with Crippen molar-refractivity contribution in [3.8, 4) is 0 Å². The molecule has 0 bridgehead atoms. The third kappa shape index (κ3) is 4.02. The number of ether oxygens (including phenoxy) is 1. The number of benzene rings is 2. The Morgan fingerprint density at radius 2 is 1.55 bits per heavy atom. The molecule has 0 aromatic heterocycles. The van der Waals surface area contributed by atoms with Gasteiger partial charge in [-0.1, -0.05) is 69.3 Å². The molecule has 1 N–H and O–H groups in total. The van der Waals surface area contributed by atoms with Crippen LogP contribution in [0, 0.1) is 5.41 Å². The Balaban J connectivity index is 2.13. The number of rotatable bonds is 3. The number of amides is 1. The third-order valence-corrected chi connectivity index (χ3v) is 5.01. The molecule has 3 rings (SSSR count). The Kier molecular flexibility index (Phi) is 5.49. The molecule has 2 aromatic rings. The molecule has 4 nitrogen and oxygen atoms in total. The zero-order chi connectivity index (χ0) is 21.4. The molecule has 3 atom stereocenters. The van der Waals surface area contributed by atoms with Crippen molar-refractivity contribution in [3.05, 3.63) is 71.8 Å². The summed E-state index contributed by atoms with van der Waals surface area (Å²) in [7, 11) is 0. The molecule has 1 amide bonds. The van der Waals surface area contributed by atoms with Crippen LogP contribution in [-0.2, 0) is 11.2 Å². The number of hydrogen-bond donors (Lipinski definition) is 1. The van der Waals surface area contributed by atoms with Crippen molar-refractivity contribution in [2.45, 2.75) is 51.4 Å². The van der Waals surface area contributed by atoms with Crippen molar-refractivity contribution in [2.24, 2.45) is 5.41 Å². The van der Waals surface area contributed by atoms with E-state index in [1.54, 1.807) is 69.3 Å². The second-order valence-corrected chi connectivity index (χ2v) is 8.31. The SMILES string of the molecule is CC(C)(C)[C@@H]1O[C@](O)(C(F)(F)F)[C@H](Cc2ccccc2)N1C(=O)c1ccccc1. The first-order valence-electron chi connectivity index (χ1n) is 9.34. The van der Waals surface area contributed by atoms with Crippen LogP contribution in [0.25, 0.3) is 0 Å². The van der Waals surface area contributed by atoms with Crippen molar-refractivity contribution < 1.29 is 27.8 Å². The van der Waals surface area contributed by atoms with Crippen molar-refractivity contribution in [1.29, 1.82) is 0 Å². The van der Waals surface area contributed by atoms with Gasteiger partial charge < -0.3 is 14.7 Å². The molecule has 1 aliphatic heterocycles. The van der Waals surface area contributed by atoms with Gasteiger partial charge in [-0.25, -0.2) is 0 Å². The first kappa shape index (κ1) is 21.3. The lowest BCUT2D eigenvalue weighted by molar-refractivity contribution is -0.365. The van der Waals surface area contributed by atoms with Crippen LogP contribution in [0.2, 0.25) is 0 Å². The summed E-state index contributed by atoms with van der Waals surface area (Å²) in [5.74, 6) is -4.10. The Hall–Kier alpha value is -2.38. The predicted molar refractivity (Wildman–Crippen MR) is 102 cm³/mol. The van der Waals surface area contributed by atoms with Crippen LogP contribution >= 0.6 is 0 Å². The monoisotopic (exact) mass is 407 g/mol. The standard InChI is InChI=1S/C22H24F3NO3/c1-20(2,3)19-26(18(27)16-12-8-5-9-13-16)17(14-15-10-6-4-7-11-15)21(28,29-19)22(23,24)25/h4-13,17,19,28H,14H2,1-3H3/t17-,19-,21-/m0/s1. The van der Waals surface area contributed by atoms with E-state index in [0.717, 1.165) is 4.90 Å². The fraction of sp³-hybridized carbons (Fsp3) is 0.409. The normalized spacial score (nSPS) is 25.3. The van der Waals surface area contributed by atoms with Gasteiger partial charge >= 0.3 is 6.18 Å². The van der Waals surface area contributed by atoms with Crippen molar-refractivity contribution in [3.63, 3.8) is 0 Å². The predicted octanol–water partition coefficient (Wildman–Crippen LogP) is 4.39. The van der Waals surface area contributed by atoms with Crippen LogP contribution in [-0.4, -0.2) is 40.1 Å². The summed E-state index contributed by atoms with van der Waals surface area (Å²) >= 11 is 0. The smallest absolute Gasteiger partial charge is 0.357 e. The highest BCUT2D eigenvalue weighted by atomic mass is 19.4. The molecule has 1 saturated heterocycles. The molecule has 1 fully saturated rings. The molecule has 29 heavy (non-hydrogen) atoms. The van der Waals surface area contributed by atoms with Crippen LogP contribution in [0.4, 0.5) is 13.2 Å². The number of carbonyl (C=O) groups is 1. The lowest BCUT2D eigenvalue weighted by Gasteiger charge is -2.36. The number of carbonyl (C=O) groups excluding carboxylic acids is 1. The average Bonchev–Trinajstić information content (AvgIpc) is 2.97. The molecular formula is C22H24F3NO3. The van der Waals surface area contributed by atoms with Crippen LogP contribution in [0.15, 0.2) is 60.7 Å². The van der Waals surface area contributed by atoms with Crippen LogP contribution in [0.3, 0.4) is 0 Å². The molecule has 0 saturated carbocycles. The highest BCUT2D eigenvalue weighted by molar-refractivity contribution is 5.94. The molecule has 0 aliphatic carbocycles. The average molecular weight is 407 g/mol. The minimum absolute atomic E-state index is 0.206. The van der Waals surface area contributed by atoms with Gasteiger partial charge in [-0.2, -0.15) is 13.2 Å². The molecule has 1 aliphatic rings. The molecule has 0 spiro atoms. The second kappa shape index (κ2) is 7.46. The van der Waals surface area contributed by atoms with E-state index in [-0.39, 0.29) is 12.0 Å². The summed E-state index contributed by atoms with van der Waals surface area (Å²) in [6.45, 7) is 5.01. The highest BCUT2D eigenvalue weighted by Crippen LogP contribution is 2.48. The van der Waals surface area contributed by atoms with E-state index in [1.165, 1.54) is 12.1 Å². The number of nitrogens with zero attached hydrogens (tertiary/aromatic N) is 1. The number of hydrogen-bond acceptors (Lipinski definition) is 3. The Labute approximate surface area is 167 Å². The summed E-state index contributed by atoms with van der Waals surface area (Å²) in [6.07, 6.45) is -6.56. The third-order valence-electron chi connectivity index (χ3n) is 5.01. The summed E-state index contributed by atoms with van der Waals surface area (Å²) in [6, 6.07) is 14.9. The number of halogens is 3. The van der Waals surface area contributed by atoms with E-state index >= 15 is 0 Å². The maximum Gasteiger partial charge on any atom is 0.445 e. The van der Waals surface area contributed by atoms with Gasteiger partial charge in [0.15, 0.2) is 0 Å². The largest absolute Gasteiger partial charge is 0.445 e. The lowest BCUT2D eigenvalue weighted by Crippen LogP contribution is -2.57. The molecular weight excluding hydrogens is 383 g/mol. The lowest BCUT2D eigenvalue weighted by atomic mass is 9.91. The van der Waals surface area contributed by atoms with E-state index in [9.17, 15) is 23.1 Å². The van der Waals surface area contributed by atoms with Gasteiger partial charge in [0, 0.05) is 11.0 Å². The van der Waals surface area contributed by atoms with Crippen LogP contribution in [0.5, 0.6) is 0 Å². The second-order valence-electron chi connectivity index (χ2n) is 8.31. The van der Waals surface area contributed by atoms with Gasteiger partial charge in [-0.3, -0.25) is 4.79 Å². The summed E-state index contributed by atoms with van der Waals surface area (Å²) in [5.41, 5.74) is -0.0752. The van der Waals surface area contributed by atoms with Gasteiger partial charge in [-0.15, -0.1) is 0 Å². The van der Waals surface area contributed by atoms with Gasteiger partial charge in [0.25, 0.3) is 11.7 Å². The van der Waals surface area contributed by atoms with E-state index in [2.05, 4.69) is 0 Å². The van der Waals surface area contributed by atoms with Gasteiger partial charge in [-0.05, 0) is 24.1 Å². The number of aliphatic hydroxyl groups is 1.